The molecule has 0 spiro atoms. The Bertz CT molecular complexity index is 743. The number of nitrogens with zero attached hydrogens (tertiary/aromatic N) is 1. The van der Waals surface area contributed by atoms with Crippen LogP contribution in [0, 0.1) is 0 Å². The number of nitrogens with one attached hydrogen (secondary N) is 2. The van der Waals surface area contributed by atoms with E-state index in [0.717, 1.165) is 25.7 Å². The number of nitrogens with two attached hydrogens (primary N) is 1. The predicted octanol–water partition coefficient (Wildman–Crippen LogP) is 1.85. The van der Waals surface area contributed by atoms with Crippen LogP contribution < -0.4 is 21.3 Å². The first-order valence-corrected chi connectivity index (χ1v) is 11.1. The predicted molar refractivity (Wildman–Crippen MR) is 108 cm³/mol. The van der Waals surface area contributed by atoms with Crippen LogP contribution in [0.1, 0.15) is 42.5 Å². The Labute approximate surface area is 156 Å². The molecule has 0 atom stereocenters. The van der Waals surface area contributed by atoms with Gasteiger partial charge in [-0.3, -0.25) is 4.79 Å². The van der Waals surface area contributed by atoms with Gasteiger partial charge in [-0.05, 0) is 25.0 Å². The van der Waals surface area contributed by atoms with E-state index in [2.05, 4.69) is 10.6 Å². The summed E-state index contributed by atoms with van der Waals surface area (Å²) in [4.78, 5) is 14.6. The van der Waals surface area contributed by atoms with Crippen LogP contribution in [0.5, 0.6) is 0 Å². The topological polar surface area (TPSA) is 105 Å². The Morgan fingerprint density at radius 3 is 2.50 bits per heavy atom. The second-order valence-electron chi connectivity index (χ2n) is 7.07. The van der Waals surface area contributed by atoms with E-state index in [1.807, 2.05) is 0 Å². The number of carbonyl (C=O) groups is 1. The summed E-state index contributed by atoms with van der Waals surface area (Å²) in [5.41, 5.74) is 8.40. The van der Waals surface area contributed by atoms with Crippen molar-refractivity contribution in [2.24, 2.45) is 0 Å². The fourth-order valence-corrected chi connectivity index (χ4v) is 3.86. The lowest BCUT2D eigenvalue weighted by Crippen LogP contribution is -2.37. The normalized spacial score (nSPS) is 15.5. The molecule has 0 aromatic heterocycles. The van der Waals surface area contributed by atoms with Crippen molar-refractivity contribution in [1.29, 1.82) is 0 Å². The smallest absolute Gasteiger partial charge is 0.253 e. The molecule has 0 aliphatic heterocycles. The zero-order chi connectivity index (χ0) is 19.3. The molecule has 0 radical (unpaired) electrons. The minimum Gasteiger partial charge on any atom is -0.397 e. The van der Waals surface area contributed by atoms with Crippen LogP contribution in [0.2, 0.25) is 0 Å². The van der Waals surface area contributed by atoms with Crippen LogP contribution in [0.15, 0.2) is 12.1 Å². The molecule has 1 aliphatic rings. The third kappa shape index (κ3) is 5.52. The van der Waals surface area contributed by atoms with Gasteiger partial charge in [-0.2, -0.15) is 0 Å². The molecule has 0 bridgehead atoms. The molecule has 0 unspecified atom stereocenters. The number of sulfone groups is 1. The van der Waals surface area contributed by atoms with Crippen molar-refractivity contribution in [2.45, 2.75) is 38.1 Å². The molecule has 1 saturated carbocycles. The molecule has 8 heteroatoms. The van der Waals surface area contributed by atoms with E-state index >= 15 is 0 Å². The van der Waals surface area contributed by atoms with Gasteiger partial charge in [-0.25, -0.2) is 8.42 Å². The molecule has 26 heavy (non-hydrogen) atoms. The number of anilines is 3. The van der Waals surface area contributed by atoms with Gasteiger partial charge in [0.2, 0.25) is 0 Å². The third-order valence-corrected chi connectivity index (χ3v) is 5.76. The van der Waals surface area contributed by atoms with Gasteiger partial charge in [0, 0.05) is 32.9 Å². The van der Waals surface area contributed by atoms with E-state index in [1.54, 1.807) is 31.1 Å². The summed E-state index contributed by atoms with van der Waals surface area (Å²) in [5, 5.41) is 6.12. The Morgan fingerprint density at radius 1 is 1.27 bits per heavy atom. The number of carbonyl (C=O) groups excluding carboxylic acids is 1. The number of amides is 1. The van der Waals surface area contributed by atoms with E-state index in [0.29, 0.717) is 29.2 Å². The summed E-state index contributed by atoms with van der Waals surface area (Å²) in [6.07, 6.45) is 6.68. The highest BCUT2D eigenvalue weighted by Crippen LogP contribution is 2.30. The second-order valence-corrected chi connectivity index (χ2v) is 9.33. The zero-order valence-electron chi connectivity index (χ0n) is 15.8. The summed E-state index contributed by atoms with van der Waals surface area (Å²) < 4.78 is 23.0. The highest BCUT2D eigenvalue weighted by atomic mass is 32.2. The summed E-state index contributed by atoms with van der Waals surface area (Å²) in [6, 6.07) is 3.65. The van der Waals surface area contributed by atoms with Crippen molar-refractivity contribution in [3.8, 4) is 0 Å². The van der Waals surface area contributed by atoms with Gasteiger partial charge in [0.05, 0.1) is 28.4 Å². The molecule has 7 nitrogen and oxygen atoms in total. The van der Waals surface area contributed by atoms with Crippen molar-refractivity contribution in [1.82, 2.24) is 5.32 Å². The lowest BCUT2D eigenvalue weighted by Gasteiger charge is -2.26. The molecule has 0 saturated heterocycles. The first-order chi connectivity index (χ1) is 12.2. The van der Waals surface area contributed by atoms with Crippen molar-refractivity contribution >= 4 is 32.8 Å². The van der Waals surface area contributed by atoms with Gasteiger partial charge in [0.15, 0.2) is 0 Å². The van der Waals surface area contributed by atoms with Crippen LogP contribution in [0.4, 0.5) is 17.1 Å². The van der Waals surface area contributed by atoms with Crippen molar-refractivity contribution < 1.29 is 13.2 Å². The lowest BCUT2D eigenvalue weighted by atomic mass is 9.95. The average molecular weight is 383 g/mol. The molecule has 1 fully saturated rings. The third-order valence-electron chi connectivity index (χ3n) is 4.83. The van der Waals surface area contributed by atoms with Crippen LogP contribution in [0.25, 0.3) is 0 Å². The number of nitrogen functional groups attached to an aromatic ring is 1. The molecular weight excluding hydrogens is 352 g/mol. The quantitative estimate of drug-likeness (QED) is 0.622. The first-order valence-electron chi connectivity index (χ1n) is 9.02. The Morgan fingerprint density at radius 2 is 1.92 bits per heavy atom. The fourth-order valence-electron chi connectivity index (χ4n) is 3.25. The second kappa shape index (κ2) is 8.62. The SMILES string of the molecule is CNc1cc(N(C)CCS(C)(=O)=O)c(C(=O)NC2CCCCC2)cc1N. The van der Waals surface area contributed by atoms with E-state index < -0.39 is 9.84 Å². The maximum Gasteiger partial charge on any atom is 0.253 e. The summed E-state index contributed by atoms with van der Waals surface area (Å²) >= 11 is 0. The Balaban J connectivity index is 2.27. The number of hydrogen-bond donors (Lipinski definition) is 3. The van der Waals surface area contributed by atoms with Gasteiger partial charge >= 0.3 is 0 Å². The molecule has 1 aromatic carbocycles. The number of rotatable bonds is 7. The van der Waals surface area contributed by atoms with Gasteiger partial charge in [0.1, 0.15) is 9.84 Å². The lowest BCUT2D eigenvalue weighted by molar-refractivity contribution is 0.0928. The standard InChI is InChI=1S/C18H30N4O3S/c1-20-16-12-17(22(2)9-10-26(3,24)25)14(11-15(16)19)18(23)21-13-7-5-4-6-8-13/h11-13,20H,4-10,19H2,1-3H3,(H,21,23). The molecule has 1 aliphatic carbocycles. The van der Waals surface area contributed by atoms with Gasteiger partial charge in [-0.1, -0.05) is 19.3 Å². The molecule has 2 rings (SSSR count). The summed E-state index contributed by atoms with van der Waals surface area (Å²) in [5.74, 6) is -0.139. The molecule has 146 valence electrons. The van der Waals surface area contributed by atoms with Crippen LogP contribution in [-0.2, 0) is 9.84 Å². The van der Waals surface area contributed by atoms with Crippen LogP contribution in [-0.4, -0.2) is 53.0 Å². The Kier molecular flexibility index (Phi) is 6.75. The van der Waals surface area contributed by atoms with Crippen molar-refractivity contribution in [2.75, 3.05) is 48.6 Å². The minimum atomic E-state index is -3.09. The summed E-state index contributed by atoms with van der Waals surface area (Å²) in [7, 11) is 0.454. The van der Waals surface area contributed by atoms with Crippen LogP contribution in [0.3, 0.4) is 0 Å². The van der Waals surface area contributed by atoms with E-state index in [4.69, 9.17) is 5.73 Å². The fraction of sp³-hybridized carbons (Fsp3) is 0.611. The average Bonchev–Trinajstić information content (AvgIpc) is 2.59. The molecule has 0 heterocycles. The maximum atomic E-state index is 12.9. The highest BCUT2D eigenvalue weighted by molar-refractivity contribution is 7.90. The largest absolute Gasteiger partial charge is 0.397 e. The highest BCUT2D eigenvalue weighted by Gasteiger charge is 2.21. The molecular formula is C18H30N4O3S. The zero-order valence-corrected chi connectivity index (χ0v) is 16.7. The van der Waals surface area contributed by atoms with Crippen molar-refractivity contribution in [3.63, 3.8) is 0 Å². The van der Waals surface area contributed by atoms with Crippen LogP contribution >= 0.6 is 0 Å². The van der Waals surface area contributed by atoms with E-state index in [9.17, 15) is 13.2 Å². The number of benzene rings is 1. The monoisotopic (exact) mass is 382 g/mol. The first kappa shape index (κ1) is 20.4. The molecule has 1 amide bonds. The van der Waals surface area contributed by atoms with Gasteiger partial charge in [-0.15, -0.1) is 0 Å². The summed E-state index contributed by atoms with van der Waals surface area (Å²) in [6.45, 7) is 0.301. The molecule has 4 N–H and O–H groups in total. The van der Waals surface area contributed by atoms with Crippen molar-refractivity contribution in [3.05, 3.63) is 17.7 Å². The minimum absolute atomic E-state index is 0.0203. The van der Waals surface area contributed by atoms with Gasteiger partial charge < -0.3 is 21.3 Å². The molecule has 1 aromatic rings. The van der Waals surface area contributed by atoms with Gasteiger partial charge in [0.25, 0.3) is 5.91 Å². The van der Waals surface area contributed by atoms with E-state index in [1.165, 1.54) is 12.7 Å². The Hall–Kier alpha value is -1.96. The maximum absolute atomic E-state index is 12.9. The van der Waals surface area contributed by atoms with E-state index in [-0.39, 0.29) is 17.7 Å². The number of hydrogen-bond acceptors (Lipinski definition) is 6.